The molecule has 0 spiro atoms. The van der Waals surface area contributed by atoms with Crippen LogP contribution in [0, 0.1) is 16.0 Å². The van der Waals surface area contributed by atoms with E-state index < -0.39 is 11.2 Å². The lowest BCUT2D eigenvalue weighted by Gasteiger charge is -2.42. The molecule has 3 atom stereocenters. The van der Waals surface area contributed by atoms with Gasteiger partial charge in [0.05, 0.1) is 53.3 Å². The van der Waals surface area contributed by atoms with Crippen LogP contribution in [-0.4, -0.2) is 62.7 Å². The molecule has 1 amide bonds. The summed E-state index contributed by atoms with van der Waals surface area (Å²) in [4.78, 5) is 30.3. The highest BCUT2D eigenvalue weighted by Gasteiger charge is 2.39. The van der Waals surface area contributed by atoms with E-state index in [0.717, 1.165) is 51.1 Å². The standard InChI is InChI=1S/C44H48N2O10/c1-31-25-45(44(47)55-27-32-10-8-11-33(22-32)29-56-46(48)49)26-42(54-28-34-23-36-12-4-6-14-39(36)41(24-34)51-3)43(31)35-16-18-38(19-17-35)53-21-9-20-52-30-37-13-5-7-15-40(37)50-2/h4-8,10-19,22-24,31,42-43H,9,20-21,25-30H2,1-3H3. The number of rotatable bonds is 18. The highest BCUT2D eigenvalue weighted by Crippen LogP contribution is 2.37. The number of likely N-dealkylation sites (tertiary alicyclic amines) is 1. The first-order valence-electron chi connectivity index (χ1n) is 18.7. The number of hydrogen-bond donors (Lipinski definition) is 0. The third-order valence-corrected chi connectivity index (χ3v) is 9.86. The average Bonchev–Trinajstić information content (AvgIpc) is 3.22. The minimum atomic E-state index is -0.834. The maximum Gasteiger partial charge on any atom is 0.410 e. The van der Waals surface area contributed by atoms with Crippen molar-refractivity contribution in [2.24, 2.45) is 5.92 Å². The Bertz CT molecular complexity index is 2060. The molecule has 1 aliphatic heterocycles. The Morgan fingerprint density at radius 3 is 2.30 bits per heavy atom. The Kier molecular flexibility index (Phi) is 14.0. The predicted molar refractivity (Wildman–Crippen MR) is 210 cm³/mol. The topological polar surface area (TPSA) is 128 Å². The van der Waals surface area contributed by atoms with Crippen LogP contribution in [0.15, 0.2) is 109 Å². The molecule has 5 aromatic rings. The van der Waals surface area contributed by atoms with Crippen LogP contribution in [0.2, 0.25) is 0 Å². The first-order valence-corrected chi connectivity index (χ1v) is 18.7. The van der Waals surface area contributed by atoms with Crippen LogP contribution in [0.5, 0.6) is 17.2 Å². The molecule has 3 unspecified atom stereocenters. The first kappa shape index (κ1) is 39.8. The smallest absolute Gasteiger partial charge is 0.410 e. The highest BCUT2D eigenvalue weighted by atomic mass is 16.9. The van der Waals surface area contributed by atoms with E-state index in [4.69, 9.17) is 28.4 Å². The van der Waals surface area contributed by atoms with Crippen molar-refractivity contribution in [2.45, 2.75) is 51.8 Å². The molecule has 0 radical (unpaired) electrons. The quantitative estimate of drug-likeness (QED) is 0.0487. The summed E-state index contributed by atoms with van der Waals surface area (Å²) in [5.74, 6) is 2.36. The number of para-hydroxylation sites is 1. The van der Waals surface area contributed by atoms with Gasteiger partial charge in [-0.25, -0.2) is 4.79 Å². The number of carbonyl (C=O) groups excluding carboxylic acids is 1. The number of benzene rings is 5. The number of methoxy groups -OCH3 is 2. The molecule has 12 heteroatoms. The largest absolute Gasteiger partial charge is 0.496 e. The Morgan fingerprint density at radius 1 is 0.768 bits per heavy atom. The summed E-state index contributed by atoms with van der Waals surface area (Å²) in [7, 11) is 3.32. The molecule has 56 heavy (non-hydrogen) atoms. The lowest BCUT2D eigenvalue weighted by molar-refractivity contribution is -0.763. The summed E-state index contributed by atoms with van der Waals surface area (Å²) < 4.78 is 35.5. The highest BCUT2D eigenvalue weighted by molar-refractivity contribution is 5.89. The van der Waals surface area contributed by atoms with Crippen LogP contribution < -0.4 is 14.2 Å². The maximum atomic E-state index is 13.5. The van der Waals surface area contributed by atoms with Gasteiger partial charge < -0.3 is 38.2 Å². The summed E-state index contributed by atoms with van der Waals surface area (Å²) in [6.07, 6.45) is -0.0725. The van der Waals surface area contributed by atoms with Crippen LogP contribution in [0.1, 0.15) is 47.1 Å². The lowest BCUT2D eigenvalue weighted by atomic mass is 9.79. The fourth-order valence-corrected chi connectivity index (χ4v) is 7.19. The maximum absolute atomic E-state index is 13.5. The van der Waals surface area contributed by atoms with Gasteiger partial charge in [0.25, 0.3) is 5.09 Å². The van der Waals surface area contributed by atoms with Crippen molar-refractivity contribution < 1.29 is 43.1 Å². The predicted octanol–water partition coefficient (Wildman–Crippen LogP) is 8.51. The normalized spacial score (nSPS) is 16.6. The second-order valence-corrected chi connectivity index (χ2v) is 13.8. The zero-order valence-corrected chi connectivity index (χ0v) is 32.0. The third kappa shape index (κ3) is 10.7. The van der Waals surface area contributed by atoms with Gasteiger partial charge in [-0.3, -0.25) is 0 Å². The number of hydrogen-bond acceptors (Lipinski definition) is 10. The zero-order chi connectivity index (χ0) is 39.3. The van der Waals surface area contributed by atoms with Crippen LogP contribution >= 0.6 is 0 Å². The van der Waals surface area contributed by atoms with Gasteiger partial charge in [-0.2, -0.15) is 0 Å². The molecule has 294 valence electrons. The number of carbonyl (C=O) groups is 1. The molecule has 12 nitrogen and oxygen atoms in total. The molecular formula is C44H48N2O10. The Hall–Kier alpha value is -5.85. The molecule has 0 aliphatic carbocycles. The Labute approximate surface area is 326 Å². The summed E-state index contributed by atoms with van der Waals surface area (Å²) in [5.41, 5.74) is 4.37. The van der Waals surface area contributed by atoms with Gasteiger partial charge in [-0.05, 0) is 63.9 Å². The van der Waals surface area contributed by atoms with E-state index in [1.54, 1.807) is 43.4 Å². The van der Waals surface area contributed by atoms with Crippen LogP contribution in [0.3, 0.4) is 0 Å². The lowest BCUT2D eigenvalue weighted by Crippen LogP contribution is -2.50. The number of ether oxygens (including phenoxy) is 6. The fourth-order valence-electron chi connectivity index (χ4n) is 7.19. The molecule has 0 bridgehead atoms. The molecule has 1 aliphatic rings. The molecule has 1 heterocycles. The van der Waals surface area contributed by atoms with E-state index in [-0.39, 0.29) is 31.2 Å². The van der Waals surface area contributed by atoms with Crippen LogP contribution in [-0.2, 0) is 45.5 Å². The van der Waals surface area contributed by atoms with E-state index in [1.165, 1.54) is 0 Å². The molecule has 0 aromatic heterocycles. The van der Waals surface area contributed by atoms with E-state index in [2.05, 4.69) is 36.0 Å². The number of nitrogens with zero attached hydrogens (tertiary/aromatic N) is 2. The van der Waals surface area contributed by atoms with Gasteiger partial charge >= 0.3 is 6.09 Å². The van der Waals surface area contributed by atoms with Crippen molar-refractivity contribution in [2.75, 3.05) is 40.5 Å². The van der Waals surface area contributed by atoms with Crippen LogP contribution in [0.4, 0.5) is 4.79 Å². The molecule has 1 saturated heterocycles. The van der Waals surface area contributed by atoms with Gasteiger partial charge in [0.15, 0.2) is 0 Å². The second-order valence-electron chi connectivity index (χ2n) is 13.8. The molecule has 0 saturated carbocycles. The molecule has 6 rings (SSSR count). The van der Waals surface area contributed by atoms with E-state index in [1.807, 2.05) is 60.7 Å². The number of amides is 1. The molecule has 5 aromatic carbocycles. The summed E-state index contributed by atoms with van der Waals surface area (Å²) >= 11 is 0. The van der Waals surface area contributed by atoms with Crippen molar-refractivity contribution in [3.63, 3.8) is 0 Å². The van der Waals surface area contributed by atoms with Gasteiger partial charge in [-0.1, -0.05) is 85.8 Å². The third-order valence-electron chi connectivity index (χ3n) is 9.86. The van der Waals surface area contributed by atoms with Crippen molar-refractivity contribution >= 4 is 16.9 Å². The van der Waals surface area contributed by atoms with Crippen molar-refractivity contribution in [1.82, 2.24) is 4.90 Å². The van der Waals surface area contributed by atoms with Crippen molar-refractivity contribution in [1.29, 1.82) is 0 Å². The first-order chi connectivity index (χ1) is 27.3. The number of piperidine rings is 1. The van der Waals surface area contributed by atoms with Crippen LogP contribution in [0.25, 0.3) is 10.8 Å². The summed E-state index contributed by atoms with van der Waals surface area (Å²) in [5, 5.41) is 11.9. The van der Waals surface area contributed by atoms with E-state index in [0.29, 0.717) is 50.6 Å². The monoisotopic (exact) mass is 764 g/mol. The van der Waals surface area contributed by atoms with Gasteiger partial charge in [0, 0.05) is 29.8 Å². The van der Waals surface area contributed by atoms with Gasteiger partial charge in [0.2, 0.25) is 0 Å². The molecule has 1 fully saturated rings. The van der Waals surface area contributed by atoms with Crippen molar-refractivity contribution in [3.05, 3.63) is 147 Å². The minimum Gasteiger partial charge on any atom is -0.496 e. The van der Waals surface area contributed by atoms with Gasteiger partial charge in [0.1, 0.15) is 30.5 Å². The Morgan fingerprint density at radius 2 is 1.52 bits per heavy atom. The minimum absolute atomic E-state index is 0.0111. The Balaban J connectivity index is 1.10. The second kappa shape index (κ2) is 19.7. The molecule has 0 N–H and O–H groups in total. The zero-order valence-electron chi connectivity index (χ0n) is 32.0. The van der Waals surface area contributed by atoms with E-state index >= 15 is 0 Å². The SMILES string of the molecule is COc1ccccc1COCCCOc1ccc(C2C(C)CN(C(=O)OCc3cccc(CO[N+](=O)[O-])c3)CC2OCc2cc(OC)c3ccccc3c2)cc1. The van der Waals surface area contributed by atoms with E-state index in [9.17, 15) is 14.9 Å². The number of fused-ring (bicyclic) bond motifs is 1. The molecular weight excluding hydrogens is 716 g/mol. The van der Waals surface area contributed by atoms with Crippen molar-refractivity contribution in [3.8, 4) is 17.2 Å². The fraction of sp³-hybridized carbons (Fsp3) is 0.341. The average molecular weight is 765 g/mol. The summed E-state index contributed by atoms with van der Waals surface area (Å²) in [6, 6.07) is 35.1. The summed E-state index contributed by atoms with van der Waals surface area (Å²) in [6.45, 7) is 4.60. The van der Waals surface area contributed by atoms with Gasteiger partial charge in [-0.15, -0.1) is 10.1 Å².